The van der Waals surface area contributed by atoms with Gasteiger partial charge in [0.15, 0.2) is 6.61 Å². The van der Waals surface area contributed by atoms with Crippen molar-refractivity contribution in [3.63, 3.8) is 0 Å². The Hall–Kier alpha value is -2.63. The van der Waals surface area contributed by atoms with Gasteiger partial charge in [-0.15, -0.1) is 0 Å². The van der Waals surface area contributed by atoms with Crippen molar-refractivity contribution in [3.8, 4) is 5.69 Å². The summed E-state index contributed by atoms with van der Waals surface area (Å²) in [5, 5.41) is 4.24. The lowest BCUT2D eigenvalue weighted by Gasteiger charge is -2.26. The first-order chi connectivity index (χ1) is 11.7. The quantitative estimate of drug-likeness (QED) is 0.809. The average molecular weight is 327 g/mol. The van der Waals surface area contributed by atoms with Gasteiger partial charge in [-0.25, -0.2) is 9.48 Å². The first-order valence-electron chi connectivity index (χ1n) is 8.22. The van der Waals surface area contributed by atoms with Gasteiger partial charge in [0.05, 0.1) is 17.6 Å². The molecule has 0 saturated carbocycles. The SMILES string of the molecule is Cc1c(C(=O)OCC(=O)N2CCCCC2)cnn1-c1ccccc1. The molecule has 0 spiro atoms. The highest BCUT2D eigenvalue weighted by atomic mass is 16.5. The zero-order chi connectivity index (χ0) is 16.9. The van der Waals surface area contributed by atoms with Crippen molar-refractivity contribution in [2.45, 2.75) is 26.2 Å². The van der Waals surface area contributed by atoms with E-state index in [4.69, 9.17) is 4.74 Å². The summed E-state index contributed by atoms with van der Waals surface area (Å²) < 4.78 is 6.87. The fourth-order valence-corrected chi connectivity index (χ4v) is 2.88. The first kappa shape index (κ1) is 16.2. The summed E-state index contributed by atoms with van der Waals surface area (Å²) >= 11 is 0. The molecular formula is C18H21N3O3. The van der Waals surface area contributed by atoms with Crippen molar-refractivity contribution in [2.75, 3.05) is 19.7 Å². The predicted molar refractivity (Wildman–Crippen MR) is 89.0 cm³/mol. The Morgan fingerprint density at radius 2 is 1.83 bits per heavy atom. The van der Waals surface area contributed by atoms with Crippen molar-refractivity contribution in [1.82, 2.24) is 14.7 Å². The molecule has 24 heavy (non-hydrogen) atoms. The van der Waals surface area contributed by atoms with Gasteiger partial charge in [0, 0.05) is 13.1 Å². The van der Waals surface area contributed by atoms with E-state index in [0.29, 0.717) is 11.3 Å². The first-order valence-corrected chi connectivity index (χ1v) is 8.22. The average Bonchev–Trinajstić information content (AvgIpc) is 3.02. The second-order valence-electron chi connectivity index (χ2n) is 5.91. The minimum absolute atomic E-state index is 0.129. The number of hydrogen-bond acceptors (Lipinski definition) is 4. The van der Waals surface area contributed by atoms with Gasteiger partial charge in [-0.2, -0.15) is 5.10 Å². The summed E-state index contributed by atoms with van der Waals surface area (Å²) in [7, 11) is 0. The standard InChI is InChI=1S/C18H21N3O3/c1-14-16(12-19-21(14)15-8-4-2-5-9-15)18(23)24-13-17(22)20-10-6-3-7-11-20/h2,4-5,8-9,12H,3,6-7,10-11,13H2,1H3. The fourth-order valence-electron chi connectivity index (χ4n) is 2.88. The number of amides is 1. The maximum atomic E-state index is 12.3. The molecule has 0 aliphatic carbocycles. The fraction of sp³-hybridized carbons (Fsp3) is 0.389. The van der Waals surface area contributed by atoms with Gasteiger partial charge >= 0.3 is 5.97 Å². The maximum Gasteiger partial charge on any atom is 0.342 e. The second-order valence-corrected chi connectivity index (χ2v) is 5.91. The van der Waals surface area contributed by atoms with E-state index in [-0.39, 0.29) is 12.5 Å². The number of nitrogens with zero attached hydrogens (tertiary/aromatic N) is 3. The molecule has 3 rings (SSSR count). The third kappa shape index (κ3) is 3.48. The van der Waals surface area contributed by atoms with Crippen LogP contribution < -0.4 is 0 Å². The van der Waals surface area contributed by atoms with Crippen molar-refractivity contribution >= 4 is 11.9 Å². The van der Waals surface area contributed by atoms with E-state index >= 15 is 0 Å². The summed E-state index contributed by atoms with van der Waals surface area (Å²) in [4.78, 5) is 26.1. The van der Waals surface area contributed by atoms with Crippen molar-refractivity contribution in [3.05, 3.63) is 47.8 Å². The minimum atomic E-state index is -0.514. The molecule has 126 valence electrons. The van der Waals surface area contributed by atoms with E-state index in [9.17, 15) is 9.59 Å². The molecule has 0 unspecified atom stereocenters. The van der Waals surface area contributed by atoms with Crippen LogP contribution >= 0.6 is 0 Å². The van der Waals surface area contributed by atoms with Gasteiger partial charge in [0.2, 0.25) is 0 Å². The number of benzene rings is 1. The Bertz CT molecular complexity index is 718. The second kappa shape index (κ2) is 7.29. The number of carbonyl (C=O) groups excluding carboxylic acids is 2. The number of aromatic nitrogens is 2. The van der Waals surface area contributed by atoms with Crippen LogP contribution in [0.3, 0.4) is 0 Å². The molecule has 1 aromatic carbocycles. The number of ether oxygens (including phenoxy) is 1. The molecule has 1 aliphatic rings. The number of piperidine rings is 1. The number of para-hydroxylation sites is 1. The molecule has 0 atom stereocenters. The smallest absolute Gasteiger partial charge is 0.342 e. The maximum absolute atomic E-state index is 12.3. The molecule has 1 fully saturated rings. The Labute approximate surface area is 141 Å². The molecule has 6 heteroatoms. The van der Waals surface area contributed by atoms with Gasteiger partial charge in [-0.05, 0) is 38.3 Å². The van der Waals surface area contributed by atoms with E-state index < -0.39 is 5.97 Å². The highest BCUT2D eigenvalue weighted by molar-refractivity contribution is 5.92. The number of rotatable bonds is 4. The van der Waals surface area contributed by atoms with Crippen molar-refractivity contribution in [2.24, 2.45) is 0 Å². The summed E-state index contributed by atoms with van der Waals surface area (Å²) in [6.45, 7) is 3.10. The lowest BCUT2D eigenvalue weighted by Crippen LogP contribution is -2.38. The van der Waals surface area contributed by atoms with Crippen LogP contribution in [-0.2, 0) is 9.53 Å². The molecule has 2 aromatic rings. The molecule has 0 N–H and O–H groups in total. The van der Waals surface area contributed by atoms with E-state index in [1.54, 1.807) is 9.58 Å². The van der Waals surface area contributed by atoms with Crippen LogP contribution in [0.4, 0.5) is 0 Å². The molecular weight excluding hydrogens is 306 g/mol. The molecule has 1 amide bonds. The lowest BCUT2D eigenvalue weighted by atomic mass is 10.1. The molecule has 1 aliphatic heterocycles. The zero-order valence-corrected chi connectivity index (χ0v) is 13.8. The van der Waals surface area contributed by atoms with Gasteiger partial charge in [-0.3, -0.25) is 4.79 Å². The van der Waals surface area contributed by atoms with Gasteiger partial charge < -0.3 is 9.64 Å². The lowest BCUT2D eigenvalue weighted by molar-refractivity contribution is -0.135. The van der Waals surface area contributed by atoms with Crippen LogP contribution in [0, 0.1) is 6.92 Å². The predicted octanol–water partition coefficient (Wildman–Crippen LogP) is 2.35. The minimum Gasteiger partial charge on any atom is -0.452 e. The van der Waals surface area contributed by atoms with Crippen LogP contribution in [0.15, 0.2) is 36.5 Å². The molecule has 2 heterocycles. The third-order valence-electron chi connectivity index (χ3n) is 4.27. The van der Waals surface area contributed by atoms with Crippen LogP contribution in [0.25, 0.3) is 5.69 Å². The largest absolute Gasteiger partial charge is 0.452 e. The summed E-state index contributed by atoms with van der Waals surface area (Å²) in [5.41, 5.74) is 1.94. The van der Waals surface area contributed by atoms with Gasteiger partial charge in [0.25, 0.3) is 5.91 Å². The van der Waals surface area contributed by atoms with E-state index in [0.717, 1.165) is 38.0 Å². The van der Waals surface area contributed by atoms with Crippen molar-refractivity contribution in [1.29, 1.82) is 0 Å². The molecule has 0 bridgehead atoms. The van der Waals surface area contributed by atoms with E-state index in [1.807, 2.05) is 37.3 Å². The number of likely N-dealkylation sites (tertiary alicyclic amines) is 1. The molecule has 6 nitrogen and oxygen atoms in total. The Morgan fingerprint density at radius 3 is 2.54 bits per heavy atom. The Morgan fingerprint density at radius 1 is 1.12 bits per heavy atom. The highest BCUT2D eigenvalue weighted by Gasteiger charge is 2.21. The molecule has 1 saturated heterocycles. The number of carbonyl (C=O) groups is 2. The normalized spacial score (nSPS) is 14.5. The van der Waals surface area contributed by atoms with Crippen molar-refractivity contribution < 1.29 is 14.3 Å². The van der Waals surface area contributed by atoms with E-state index in [2.05, 4.69) is 5.10 Å². The van der Waals surface area contributed by atoms with Crippen LogP contribution in [0.5, 0.6) is 0 Å². The van der Waals surface area contributed by atoms with Crippen LogP contribution in [-0.4, -0.2) is 46.3 Å². The van der Waals surface area contributed by atoms with Gasteiger partial charge in [0.1, 0.15) is 5.56 Å². The third-order valence-corrected chi connectivity index (χ3v) is 4.27. The summed E-state index contributed by atoms with van der Waals surface area (Å²) in [6.07, 6.45) is 4.67. The van der Waals surface area contributed by atoms with Crippen LogP contribution in [0.1, 0.15) is 35.3 Å². The van der Waals surface area contributed by atoms with Crippen LogP contribution in [0.2, 0.25) is 0 Å². The Kier molecular flexibility index (Phi) is 4.93. The number of hydrogen-bond donors (Lipinski definition) is 0. The zero-order valence-electron chi connectivity index (χ0n) is 13.8. The highest BCUT2D eigenvalue weighted by Crippen LogP contribution is 2.15. The molecule has 1 aromatic heterocycles. The van der Waals surface area contributed by atoms with E-state index in [1.165, 1.54) is 6.20 Å². The molecule has 0 radical (unpaired) electrons. The Balaban J connectivity index is 1.63. The topological polar surface area (TPSA) is 64.4 Å². The summed E-state index contributed by atoms with van der Waals surface area (Å²) in [6, 6.07) is 9.56. The number of esters is 1. The monoisotopic (exact) mass is 327 g/mol. The van der Waals surface area contributed by atoms with Gasteiger partial charge in [-0.1, -0.05) is 18.2 Å². The summed E-state index contributed by atoms with van der Waals surface area (Å²) in [5.74, 6) is -0.642.